The minimum absolute atomic E-state index is 0.138. The van der Waals surface area contributed by atoms with Crippen LogP contribution in [-0.2, 0) is 10.0 Å². The van der Waals surface area contributed by atoms with Gasteiger partial charge in [-0.1, -0.05) is 12.1 Å². The van der Waals surface area contributed by atoms with Crippen molar-refractivity contribution in [1.82, 2.24) is 10.0 Å². The van der Waals surface area contributed by atoms with Gasteiger partial charge in [0, 0.05) is 19.1 Å². The van der Waals surface area contributed by atoms with Gasteiger partial charge in [-0.3, -0.25) is 0 Å². The van der Waals surface area contributed by atoms with E-state index in [9.17, 15) is 8.42 Å². The van der Waals surface area contributed by atoms with Crippen LogP contribution in [-0.4, -0.2) is 41.1 Å². The number of rotatable bonds is 6. The summed E-state index contributed by atoms with van der Waals surface area (Å²) < 4.78 is 27.8. The highest BCUT2D eigenvalue weighted by atomic mass is 32.2. The van der Waals surface area contributed by atoms with Gasteiger partial charge in [0.05, 0.1) is 5.69 Å². The first-order valence-electron chi connectivity index (χ1n) is 7.61. The molecular formula is C15H23N3O2S. The minimum Gasteiger partial charge on any atom is -0.370 e. The fraction of sp³-hybridized carbons (Fsp3) is 0.600. The van der Waals surface area contributed by atoms with Gasteiger partial charge in [-0.15, -0.1) is 0 Å². The van der Waals surface area contributed by atoms with Crippen LogP contribution < -0.4 is 14.9 Å². The summed E-state index contributed by atoms with van der Waals surface area (Å²) in [5.74, 6) is 0.585. The third-order valence-electron chi connectivity index (χ3n) is 4.17. The second kappa shape index (κ2) is 5.94. The summed E-state index contributed by atoms with van der Waals surface area (Å²) in [6, 6.07) is 7.48. The lowest BCUT2D eigenvalue weighted by atomic mass is 10.1. The van der Waals surface area contributed by atoms with E-state index in [1.165, 1.54) is 0 Å². The highest BCUT2D eigenvalue weighted by molar-refractivity contribution is 7.89. The Morgan fingerprint density at radius 3 is 2.71 bits per heavy atom. The molecule has 0 amide bonds. The van der Waals surface area contributed by atoms with E-state index < -0.39 is 10.0 Å². The van der Waals surface area contributed by atoms with E-state index in [2.05, 4.69) is 14.9 Å². The second-order valence-corrected chi connectivity index (χ2v) is 7.70. The summed E-state index contributed by atoms with van der Waals surface area (Å²) in [6.07, 6.45) is 3.01. The first-order chi connectivity index (χ1) is 10.1. The molecule has 3 rings (SSSR count). The minimum atomic E-state index is -3.40. The van der Waals surface area contributed by atoms with Gasteiger partial charge in [0.1, 0.15) is 4.90 Å². The molecule has 0 bridgehead atoms. The number of sulfonamides is 1. The molecule has 1 unspecified atom stereocenters. The lowest BCUT2D eigenvalue weighted by molar-refractivity contribution is 0.548. The molecule has 0 aromatic heterocycles. The van der Waals surface area contributed by atoms with Gasteiger partial charge in [0.2, 0.25) is 10.0 Å². The number of anilines is 1. The molecule has 1 saturated carbocycles. The summed E-state index contributed by atoms with van der Waals surface area (Å²) in [4.78, 5) is 2.62. The Hall–Kier alpha value is -1.11. The molecule has 2 N–H and O–H groups in total. The van der Waals surface area contributed by atoms with Crippen molar-refractivity contribution in [3.05, 3.63) is 24.3 Å². The highest BCUT2D eigenvalue weighted by Crippen LogP contribution is 2.31. The predicted molar refractivity (Wildman–Crippen MR) is 84.0 cm³/mol. The van der Waals surface area contributed by atoms with Gasteiger partial charge >= 0.3 is 0 Å². The highest BCUT2D eigenvalue weighted by Gasteiger charge is 2.31. The maximum atomic E-state index is 12.5. The van der Waals surface area contributed by atoms with E-state index in [-0.39, 0.29) is 6.04 Å². The quantitative estimate of drug-likeness (QED) is 0.828. The maximum absolute atomic E-state index is 12.5. The van der Waals surface area contributed by atoms with Crippen molar-refractivity contribution in [1.29, 1.82) is 0 Å². The summed E-state index contributed by atoms with van der Waals surface area (Å²) in [7, 11) is -1.44. The second-order valence-electron chi connectivity index (χ2n) is 6.02. The van der Waals surface area contributed by atoms with Gasteiger partial charge in [-0.2, -0.15) is 0 Å². The summed E-state index contributed by atoms with van der Waals surface area (Å²) >= 11 is 0. The Bertz CT molecular complexity index is 599. The Kier molecular flexibility index (Phi) is 4.19. The maximum Gasteiger partial charge on any atom is 0.242 e. The van der Waals surface area contributed by atoms with Crippen molar-refractivity contribution >= 4 is 15.7 Å². The largest absolute Gasteiger partial charge is 0.370 e. The van der Waals surface area contributed by atoms with E-state index in [1.54, 1.807) is 12.1 Å². The third kappa shape index (κ3) is 3.39. The molecule has 1 aromatic rings. The molecule has 2 fully saturated rings. The SMILES string of the molecule is CNCC1CCN(c2ccccc2S(=O)(=O)NC2CC2)C1. The van der Waals surface area contributed by atoms with E-state index >= 15 is 0 Å². The van der Waals surface area contributed by atoms with E-state index in [1.807, 2.05) is 19.2 Å². The van der Waals surface area contributed by atoms with Gasteiger partial charge < -0.3 is 10.2 Å². The Morgan fingerprint density at radius 2 is 2.00 bits per heavy atom. The van der Waals surface area contributed by atoms with E-state index in [0.29, 0.717) is 10.8 Å². The molecule has 1 saturated heterocycles. The van der Waals surface area contributed by atoms with Crippen LogP contribution >= 0.6 is 0 Å². The molecule has 0 radical (unpaired) electrons. The molecule has 116 valence electrons. The molecule has 5 nitrogen and oxygen atoms in total. The topological polar surface area (TPSA) is 61.4 Å². The number of nitrogens with one attached hydrogen (secondary N) is 2. The van der Waals surface area contributed by atoms with Crippen molar-refractivity contribution in [2.75, 3.05) is 31.6 Å². The van der Waals surface area contributed by atoms with Crippen molar-refractivity contribution in [3.63, 3.8) is 0 Å². The molecule has 1 atom stereocenters. The molecule has 1 aliphatic carbocycles. The summed E-state index contributed by atoms with van der Waals surface area (Å²) in [6.45, 7) is 2.81. The zero-order valence-corrected chi connectivity index (χ0v) is 13.2. The Morgan fingerprint density at radius 1 is 1.24 bits per heavy atom. The van der Waals surface area contributed by atoms with E-state index in [4.69, 9.17) is 0 Å². The van der Waals surface area contributed by atoms with E-state index in [0.717, 1.165) is 44.6 Å². The van der Waals surface area contributed by atoms with Crippen LogP contribution in [0.2, 0.25) is 0 Å². The molecule has 2 aliphatic rings. The van der Waals surface area contributed by atoms with Gasteiger partial charge in [-0.05, 0) is 50.9 Å². The van der Waals surface area contributed by atoms with Crippen molar-refractivity contribution in [2.45, 2.75) is 30.2 Å². The number of benzene rings is 1. The molecule has 1 aliphatic heterocycles. The third-order valence-corrected chi connectivity index (χ3v) is 5.74. The normalized spacial score (nSPS) is 22.7. The average molecular weight is 309 g/mol. The predicted octanol–water partition coefficient (Wildman–Crippen LogP) is 1.17. The van der Waals surface area contributed by atoms with Gasteiger partial charge in [-0.25, -0.2) is 13.1 Å². The fourth-order valence-electron chi connectivity index (χ4n) is 2.94. The van der Waals surface area contributed by atoms with Crippen molar-refractivity contribution in [2.24, 2.45) is 5.92 Å². The summed E-state index contributed by atoms with van der Waals surface area (Å²) in [5, 5.41) is 3.20. The fourth-order valence-corrected chi connectivity index (χ4v) is 4.47. The molecule has 1 aromatic carbocycles. The van der Waals surface area contributed by atoms with Gasteiger partial charge in [0.15, 0.2) is 0 Å². The van der Waals surface area contributed by atoms with Crippen LogP contribution in [0.1, 0.15) is 19.3 Å². The molecule has 21 heavy (non-hydrogen) atoms. The van der Waals surface area contributed by atoms with Crippen LogP contribution in [0.4, 0.5) is 5.69 Å². The molecule has 1 heterocycles. The van der Waals surface area contributed by atoms with Crippen LogP contribution in [0.5, 0.6) is 0 Å². The van der Waals surface area contributed by atoms with Crippen molar-refractivity contribution in [3.8, 4) is 0 Å². The first kappa shape index (κ1) is 14.8. The first-order valence-corrected chi connectivity index (χ1v) is 9.09. The Labute approximate surface area is 126 Å². The lowest BCUT2D eigenvalue weighted by Gasteiger charge is -2.22. The zero-order valence-electron chi connectivity index (χ0n) is 12.4. The number of hydrogen-bond donors (Lipinski definition) is 2. The van der Waals surface area contributed by atoms with Crippen LogP contribution in [0.3, 0.4) is 0 Å². The number of nitrogens with zero attached hydrogens (tertiary/aromatic N) is 1. The van der Waals surface area contributed by atoms with Gasteiger partial charge in [0.25, 0.3) is 0 Å². The monoisotopic (exact) mass is 309 g/mol. The zero-order chi connectivity index (χ0) is 14.9. The van der Waals surface area contributed by atoms with Crippen LogP contribution in [0.15, 0.2) is 29.2 Å². The Balaban J connectivity index is 1.83. The average Bonchev–Trinajstić information content (AvgIpc) is 3.14. The molecule has 6 heteroatoms. The number of hydrogen-bond acceptors (Lipinski definition) is 4. The smallest absolute Gasteiger partial charge is 0.242 e. The summed E-state index contributed by atoms with van der Waals surface area (Å²) in [5.41, 5.74) is 0.837. The lowest BCUT2D eigenvalue weighted by Crippen LogP contribution is -2.29. The molecule has 0 spiro atoms. The van der Waals surface area contributed by atoms with Crippen LogP contribution in [0, 0.1) is 5.92 Å². The van der Waals surface area contributed by atoms with Crippen LogP contribution in [0.25, 0.3) is 0 Å². The molecular weight excluding hydrogens is 286 g/mol. The number of para-hydroxylation sites is 1. The standard InChI is InChI=1S/C15H23N3O2S/c1-16-10-12-8-9-18(11-12)14-4-2-3-5-15(14)21(19,20)17-13-6-7-13/h2-5,12-13,16-17H,6-11H2,1H3. The van der Waals surface area contributed by atoms with Crippen molar-refractivity contribution < 1.29 is 8.42 Å².